The summed E-state index contributed by atoms with van der Waals surface area (Å²) in [6.45, 7) is 1.87. The summed E-state index contributed by atoms with van der Waals surface area (Å²) in [7, 11) is 0. The minimum atomic E-state index is -0.993. The summed E-state index contributed by atoms with van der Waals surface area (Å²) in [5, 5.41) is 9.72. The van der Waals surface area contributed by atoms with E-state index in [0.717, 1.165) is 4.90 Å². The number of benzene rings is 1. The van der Waals surface area contributed by atoms with E-state index in [1.165, 1.54) is 18.0 Å². The number of rotatable bonds is 5. The minimum absolute atomic E-state index is 0.166. The fourth-order valence-electron chi connectivity index (χ4n) is 1.68. The van der Waals surface area contributed by atoms with Crippen LogP contribution in [-0.2, 0) is 12.2 Å². The van der Waals surface area contributed by atoms with Gasteiger partial charge in [-0.15, -0.1) is 11.8 Å². The number of hydrogen-bond donors (Lipinski definition) is 1. The van der Waals surface area contributed by atoms with Crippen molar-refractivity contribution in [1.29, 1.82) is 0 Å². The molecule has 104 valence electrons. The van der Waals surface area contributed by atoms with Gasteiger partial charge in [0, 0.05) is 11.1 Å². The molecule has 0 spiro atoms. The van der Waals surface area contributed by atoms with Crippen LogP contribution in [0.1, 0.15) is 28.8 Å². The van der Waals surface area contributed by atoms with Crippen LogP contribution in [0.2, 0.25) is 5.02 Å². The maximum Gasteiger partial charge on any atom is 0.339 e. The molecule has 0 saturated carbocycles. The Bertz CT molecular complexity index is 634. The lowest BCUT2D eigenvalue weighted by atomic mass is 10.2. The van der Waals surface area contributed by atoms with E-state index in [-0.39, 0.29) is 5.56 Å². The molecule has 1 aromatic carbocycles. The van der Waals surface area contributed by atoms with Crippen molar-refractivity contribution in [1.82, 2.24) is 9.97 Å². The van der Waals surface area contributed by atoms with Crippen LogP contribution in [-0.4, -0.2) is 21.0 Å². The van der Waals surface area contributed by atoms with Crippen LogP contribution in [0.15, 0.2) is 35.4 Å². The van der Waals surface area contributed by atoms with Crippen molar-refractivity contribution >= 4 is 29.3 Å². The summed E-state index contributed by atoms with van der Waals surface area (Å²) < 4.78 is 0. The number of carboxylic acid groups (broad SMARTS) is 1. The number of aromatic nitrogens is 2. The second-order valence-electron chi connectivity index (χ2n) is 4.02. The van der Waals surface area contributed by atoms with Crippen LogP contribution in [0.5, 0.6) is 0 Å². The molecule has 2 aromatic rings. The summed E-state index contributed by atoms with van der Waals surface area (Å²) in [5.74, 6) is 0.167. The van der Waals surface area contributed by atoms with Crippen molar-refractivity contribution in [2.45, 2.75) is 24.0 Å². The SMILES string of the molecule is CCc1nc(CSc2ccccc2Cl)ncc1C(=O)O. The number of carbonyl (C=O) groups is 1. The fourth-order valence-corrected chi connectivity index (χ4v) is 2.78. The quantitative estimate of drug-likeness (QED) is 0.854. The molecule has 0 radical (unpaired) electrons. The largest absolute Gasteiger partial charge is 0.478 e. The molecule has 0 bridgehead atoms. The van der Waals surface area contributed by atoms with Crippen molar-refractivity contribution in [2.75, 3.05) is 0 Å². The predicted octanol–water partition coefficient (Wildman–Crippen LogP) is 3.68. The van der Waals surface area contributed by atoms with E-state index < -0.39 is 5.97 Å². The Morgan fingerprint density at radius 1 is 1.40 bits per heavy atom. The van der Waals surface area contributed by atoms with Gasteiger partial charge in [0.15, 0.2) is 0 Å². The Kier molecular flexibility index (Phi) is 4.98. The standard InChI is InChI=1S/C14H13ClN2O2S/c1-2-11-9(14(18)19)7-16-13(17-11)8-20-12-6-4-3-5-10(12)15/h3-7H,2,8H2,1H3,(H,18,19). The van der Waals surface area contributed by atoms with Gasteiger partial charge in [-0.05, 0) is 18.6 Å². The smallest absolute Gasteiger partial charge is 0.339 e. The zero-order chi connectivity index (χ0) is 14.5. The van der Waals surface area contributed by atoms with Crippen LogP contribution in [0.4, 0.5) is 0 Å². The molecular weight excluding hydrogens is 296 g/mol. The molecule has 20 heavy (non-hydrogen) atoms. The molecule has 2 rings (SSSR count). The van der Waals surface area contributed by atoms with Crippen LogP contribution in [0.25, 0.3) is 0 Å². The summed E-state index contributed by atoms with van der Waals surface area (Å²) in [6.07, 6.45) is 1.94. The van der Waals surface area contributed by atoms with Crippen molar-refractivity contribution < 1.29 is 9.90 Å². The van der Waals surface area contributed by atoms with Crippen LogP contribution in [0.3, 0.4) is 0 Å². The number of aromatic carboxylic acids is 1. The lowest BCUT2D eigenvalue weighted by Crippen LogP contribution is -2.07. The van der Waals surface area contributed by atoms with E-state index in [4.69, 9.17) is 16.7 Å². The summed E-state index contributed by atoms with van der Waals surface area (Å²) in [4.78, 5) is 20.4. The van der Waals surface area contributed by atoms with Crippen molar-refractivity contribution in [3.05, 3.63) is 52.6 Å². The Hall–Kier alpha value is -1.59. The van der Waals surface area contributed by atoms with Gasteiger partial charge in [-0.2, -0.15) is 0 Å². The second-order valence-corrected chi connectivity index (χ2v) is 5.45. The van der Waals surface area contributed by atoms with Crippen LogP contribution in [0, 0.1) is 0 Å². The van der Waals surface area contributed by atoms with Gasteiger partial charge in [0.05, 0.1) is 22.0 Å². The molecule has 0 aliphatic heterocycles. The molecule has 0 aliphatic carbocycles. The van der Waals surface area contributed by atoms with E-state index in [9.17, 15) is 4.79 Å². The monoisotopic (exact) mass is 308 g/mol. The van der Waals surface area contributed by atoms with Crippen LogP contribution < -0.4 is 0 Å². The molecule has 6 heteroatoms. The van der Waals surface area contributed by atoms with E-state index in [2.05, 4.69) is 9.97 Å². The molecule has 0 amide bonds. The van der Waals surface area contributed by atoms with E-state index >= 15 is 0 Å². The molecule has 0 fully saturated rings. The van der Waals surface area contributed by atoms with Gasteiger partial charge in [-0.3, -0.25) is 0 Å². The van der Waals surface area contributed by atoms with E-state index in [1.807, 2.05) is 31.2 Å². The summed E-state index contributed by atoms with van der Waals surface area (Å²) in [6, 6.07) is 7.55. The Morgan fingerprint density at radius 3 is 2.80 bits per heavy atom. The van der Waals surface area contributed by atoms with E-state index in [0.29, 0.717) is 28.7 Å². The normalized spacial score (nSPS) is 10.5. The number of aryl methyl sites for hydroxylation is 1. The third kappa shape index (κ3) is 3.49. The number of thioether (sulfide) groups is 1. The number of hydrogen-bond acceptors (Lipinski definition) is 4. The van der Waals surface area contributed by atoms with Gasteiger partial charge in [0.25, 0.3) is 0 Å². The molecule has 1 N–H and O–H groups in total. The van der Waals surface area contributed by atoms with Gasteiger partial charge in [-0.25, -0.2) is 14.8 Å². The highest BCUT2D eigenvalue weighted by Gasteiger charge is 2.12. The zero-order valence-electron chi connectivity index (χ0n) is 10.8. The Morgan fingerprint density at radius 2 is 2.15 bits per heavy atom. The molecule has 0 aliphatic rings. The van der Waals surface area contributed by atoms with Crippen LogP contribution >= 0.6 is 23.4 Å². The van der Waals surface area contributed by atoms with Crippen molar-refractivity contribution in [3.8, 4) is 0 Å². The molecule has 1 heterocycles. The fraction of sp³-hybridized carbons (Fsp3) is 0.214. The number of carboxylic acids is 1. The summed E-state index contributed by atoms with van der Waals surface area (Å²) in [5.41, 5.74) is 0.723. The first-order valence-corrected chi connectivity index (χ1v) is 7.43. The molecular formula is C14H13ClN2O2S. The number of nitrogens with zero attached hydrogens (tertiary/aromatic N) is 2. The Labute approximate surface area is 126 Å². The van der Waals surface area contributed by atoms with Gasteiger partial charge in [-0.1, -0.05) is 30.7 Å². The summed E-state index contributed by atoms with van der Waals surface area (Å²) >= 11 is 7.61. The molecule has 0 saturated heterocycles. The first kappa shape index (κ1) is 14.8. The van der Waals surface area contributed by atoms with Gasteiger partial charge in [0.2, 0.25) is 0 Å². The maximum atomic E-state index is 11.0. The third-order valence-corrected chi connectivity index (χ3v) is 4.19. The van der Waals surface area contributed by atoms with Crippen molar-refractivity contribution in [3.63, 3.8) is 0 Å². The lowest BCUT2D eigenvalue weighted by Gasteiger charge is -2.06. The maximum absolute atomic E-state index is 11.0. The van der Waals surface area contributed by atoms with Crippen molar-refractivity contribution in [2.24, 2.45) is 0 Å². The van der Waals surface area contributed by atoms with Gasteiger partial charge in [0.1, 0.15) is 5.82 Å². The highest BCUT2D eigenvalue weighted by atomic mass is 35.5. The molecule has 1 aromatic heterocycles. The topological polar surface area (TPSA) is 63.1 Å². The first-order valence-electron chi connectivity index (χ1n) is 6.07. The average molecular weight is 309 g/mol. The zero-order valence-corrected chi connectivity index (χ0v) is 12.4. The molecule has 0 unspecified atom stereocenters. The first-order chi connectivity index (χ1) is 9.61. The lowest BCUT2D eigenvalue weighted by molar-refractivity contribution is 0.0694. The highest BCUT2D eigenvalue weighted by Crippen LogP contribution is 2.28. The molecule has 0 atom stereocenters. The minimum Gasteiger partial charge on any atom is -0.478 e. The van der Waals surface area contributed by atoms with Gasteiger partial charge < -0.3 is 5.11 Å². The third-order valence-electron chi connectivity index (χ3n) is 2.68. The average Bonchev–Trinajstić information content (AvgIpc) is 2.46. The second kappa shape index (κ2) is 6.72. The predicted molar refractivity (Wildman–Crippen MR) is 79.4 cm³/mol. The van der Waals surface area contributed by atoms with E-state index in [1.54, 1.807) is 0 Å². The Balaban J connectivity index is 2.15. The molecule has 4 nitrogen and oxygen atoms in total. The number of halogens is 1. The highest BCUT2D eigenvalue weighted by molar-refractivity contribution is 7.98. The van der Waals surface area contributed by atoms with Gasteiger partial charge >= 0.3 is 5.97 Å².